The van der Waals surface area contributed by atoms with Gasteiger partial charge >= 0.3 is 0 Å². The van der Waals surface area contributed by atoms with Gasteiger partial charge < -0.3 is 9.80 Å². The van der Waals surface area contributed by atoms with Gasteiger partial charge in [0.1, 0.15) is 0 Å². The summed E-state index contributed by atoms with van der Waals surface area (Å²) in [5, 5.41) is 0. The number of halogens is 1. The highest BCUT2D eigenvalue weighted by Crippen LogP contribution is 2.37. The van der Waals surface area contributed by atoms with Crippen molar-refractivity contribution in [3.05, 3.63) is 64.1 Å². The second-order valence-corrected chi connectivity index (χ2v) is 10.8. The lowest BCUT2D eigenvalue weighted by molar-refractivity contribution is -0.124. The highest BCUT2D eigenvalue weighted by Gasteiger charge is 2.36. The van der Waals surface area contributed by atoms with Crippen LogP contribution in [0.4, 0.5) is 5.69 Å². The number of amides is 1. The predicted octanol–water partition coefficient (Wildman–Crippen LogP) is 6.56. The van der Waals surface area contributed by atoms with E-state index in [1.807, 2.05) is 0 Å². The summed E-state index contributed by atoms with van der Waals surface area (Å²) in [6.45, 7) is 3.25. The van der Waals surface area contributed by atoms with Crippen LogP contribution >= 0.6 is 15.9 Å². The minimum atomic E-state index is 0.221. The molecular formula is C28H35BrN2O. The minimum Gasteiger partial charge on any atom is -0.308 e. The average molecular weight is 496 g/mol. The molecule has 2 aromatic carbocycles. The average Bonchev–Trinajstić information content (AvgIpc) is 2.85. The Morgan fingerprint density at radius 2 is 1.59 bits per heavy atom. The van der Waals surface area contributed by atoms with Crippen molar-refractivity contribution in [2.24, 2.45) is 5.92 Å². The zero-order valence-corrected chi connectivity index (χ0v) is 20.6. The molecule has 0 bridgehead atoms. The molecule has 1 saturated carbocycles. The van der Waals surface area contributed by atoms with Gasteiger partial charge in [0.25, 0.3) is 0 Å². The van der Waals surface area contributed by atoms with Crippen LogP contribution in [0, 0.1) is 5.92 Å². The molecule has 0 aromatic heterocycles. The van der Waals surface area contributed by atoms with Crippen molar-refractivity contribution in [2.45, 2.75) is 69.7 Å². The summed E-state index contributed by atoms with van der Waals surface area (Å²) in [7, 11) is 0. The summed E-state index contributed by atoms with van der Waals surface area (Å²) in [6.07, 6.45) is 10.4. The number of nitrogens with zero attached hydrogens (tertiary/aromatic N) is 2. The predicted molar refractivity (Wildman–Crippen MR) is 135 cm³/mol. The van der Waals surface area contributed by atoms with Crippen molar-refractivity contribution >= 4 is 27.5 Å². The van der Waals surface area contributed by atoms with Gasteiger partial charge in [0.15, 0.2) is 0 Å². The number of carbonyl (C=O) groups is 1. The van der Waals surface area contributed by atoms with Gasteiger partial charge in [0.05, 0.1) is 0 Å². The zero-order valence-electron chi connectivity index (χ0n) is 19.0. The smallest absolute Gasteiger partial charge is 0.230 e. The minimum absolute atomic E-state index is 0.221. The lowest BCUT2D eigenvalue weighted by Crippen LogP contribution is -2.52. The fourth-order valence-corrected chi connectivity index (χ4v) is 6.76. The Labute approximate surface area is 201 Å². The van der Waals surface area contributed by atoms with E-state index in [0.717, 1.165) is 45.3 Å². The number of aryl methyl sites for hydroxylation is 1. The summed E-state index contributed by atoms with van der Waals surface area (Å²) in [5.41, 5.74) is 3.98. The van der Waals surface area contributed by atoms with Crippen LogP contribution in [0.1, 0.15) is 68.4 Å². The first-order valence-corrected chi connectivity index (χ1v) is 13.4. The van der Waals surface area contributed by atoms with Crippen LogP contribution in [0.25, 0.3) is 0 Å². The first kappa shape index (κ1) is 22.2. The Kier molecular flexibility index (Phi) is 6.99. The van der Waals surface area contributed by atoms with Gasteiger partial charge in [-0.1, -0.05) is 71.6 Å². The molecule has 0 spiro atoms. The summed E-state index contributed by atoms with van der Waals surface area (Å²) in [4.78, 5) is 18.6. The molecule has 5 rings (SSSR count). The van der Waals surface area contributed by atoms with Gasteiger partial charge in [-0.05, 0) is 80.8 Å². The van der Waals surface area contributed by atoms with Gasteiger partial charge in [-0.2, -0.15) is 0 Å². The van der Waals surface area contributed by atoms with Crippen molar-refractivity contribution in [1.29, 1.82) is 0 Å². The molecule has 1 atom stereocenters. The largest absolute Gasteiger partial charge is 0.308 e. The topological polar surface area (TPSA) is 23.6 Å². The number of fused-ring (bicyclic) bond motifs is 1. The number of rotatable bonds is 4. The highest BCUT2D eigenvalue weighted by molar-refractivity contribution is 9.10. The van der Waals surface area contributed by atoms with Crippen molar-refractivity contribution in [3.8, 4) is 0 Å². The van der Waals surface area contributed by atoms with Crippen LogP contribution < -0.4 is 4.90 Å². The van der Waals surface area contributed by atoms with E-state index < -0.39 is 0 Å². The van der Waals surface area contributed by atoms with Crippen LogP contribution in [0.3, 0.4) is 0 Å². The van der Waals surface area contributed by atoms with Crippen molar-refractivity contribution in [1.82, 2.24) is 4.90 Å². The second kappa shape index (κ2) is 10.1. The van der Waals surface area contributed by atoms with E-state index >= 15 is 0 Å². The third-order valence-corrected chi connectivity index (χ3v) is 8.68. The molecule has 32 heavy (non-hydrogen) atoms. The molecule has 1 unspecified atom stereocenters. The van der Waals surface area contributed by atoms with Crippen LogP contribution in [-0.4, -0.2) is 36.5 Å². The molecule has 2 fully saturated rings. The SMILES string of the molecule is O=C(C1CCCCC1)N1c2ccccc2CCC1CN1CCC(c2ccccc2Br)CC1. The lowest BCUT2D eigenvalue weighted by Gasteiger charge is -2.43. The molecule has 170 valence electrons. The van der Waals surface area contributed by atoms with Crippen molar-refractivity contribution < 1.29 is 4.79 Å². The summed E-state index contributed by atoms with van der Waals surface area (Å²) in [5.74, 6) is 1.25. The highest BCUT2D eigenvalue weighted by atomic mass is 79.9. The molecule has 4 heteroatoms. The molecule has 1 saturated heterocycles. The van der Waals surface area contributed by atoms with Crippen LogP contribution in [0.5, 0.6) is 0 Å². The van der Waals surface area contributed by atoms with Crippen LogP contribution in [0.2, 0.25) is 0 Å². The molecule has 1 amide bonds. The van der Waals surface area contributed by atoms with Crippen molar-refractivity contribution in [2.75, 3.05) is 24.5 Å². The fraction of sp³-hybridized carbons (Fsp3) is 0.536. The molecule has 0 N–H and O–H groups in total. The zero-order chi connectivity index (χ0) is 21.9. The van der Waals surface area contributed by atoms with E-state index in [0.29, 0.717) is 17.9 Å². The third-order valence-electron chi connectivity index (χ3n) is 7.96. The lowest BCUT2D eigenvalue weighted by atomic mass is 9.85. The molecule has 2 aliphatic heterocycles. The number of hydrogen-bond donors (Lipinski definition) is 0. The molecular weight excluding hydrogens is 460 g/mol. The maximum atomic E-state index is 13.7. The molecule has 0 radical (unpaired) electrons. The van der Waals surface area contributed by atoms with Crippen LogP contribution in [0.15, 0.2) is 53.0 Å². The number of anilines is 1. The fourth-order valence-electron chi connectivity index (χ4n) is 6.15. The van der Waals surface area contributed by atoms with E-state index in [1.165, 1.54) is 53.4 Å². The molecule has 2 aromatic rings. The van der Waals surface area contributed by atoms with Gasteiger partial charge in [-0.25, -0.2) is 0 Å². The van der Waals surface area contributed by atoms with E-state index in [2.05, 4.69) is 74.3 Å². The normalized spacial score (nSPS) is 23.2. The van der Waals surface area contributed by atoms with Crippen LogP contribution in [-0.2, 0) is 11.2 Å². The number of likely N-dealkylation sites (tertiary alicyclic amines) is 1. The summed E-state index contributed by atoms with van der Waals surface area (Å²) < 4.78 is 1.24. The van der Waals surface area contributed by atoms with E-state index in [1.54, 1.807) is 0 Å². The number of para-hydroxylation sites is 1. The molecule has 2 heterocycles. The Bertz CT molecular complexity index is 931. The van der Waals surface area contributed by atoms with Gasteiger partial charge in [0, 0.05) is 28.7 Å². The van der Waals surface area contributed by atoms with E-state index in [9.17, 15) is 4.79 Å². The maximum Gasteiger partial charge on any atom is 0.230 e. The quantitative estimate of drug-likeness (QED) is 0.480. The summed E-state index contributed by atoms with van der Waals surface area (Å²) in [6, 6.07) is 17.6. The Morgan fingerprint density at radius 3 is 2.38 bits per heavy atom. The second-order valence-electron chi connectivity index (χ2n) is 9.96. The molecule has 1 aliphatic carbocycles. The Hall–Kier alpha value is -1.65. The first-order chi connectivity index (χ1) is 15.7. The first-order valence-electron chi connectivity index (χ1n) is 12.6. The number of carbonyl (C=O) groups excluding carboxylic acids is 1. The Morgan fingerprint density at radius 1 is 0.875 bits per heavy atom. The molecule has 3 nitrogen and oxygen atoms in total. The van der Waals surface area contributed by atoms with E-state index in [4.69, 9.17) is 0 Å². The molecule has 3 aliphatic rings. The summed E-state index contributed by atoms with van der Waals surface area (Å²) >= 11 is 3.75. The number of piperidine rings is 1. The third kappa shape index (κ3) is 4.68. The number of hydrogen-bond acceptors (Lipinski definition) is 2. The maximum absolute atomic E-state index is 13.7. The van der Waals surface area contributed by atoms with Crippen molar-refractivity contribution in [3.63, 3.8) is 0 Å². The van der Waals surface area contributed by atoms with Gasteiger partial charge in [-0.15, -0.1) is 0 Å². The van der Waals surface area contributed by atoms with Gasteiger partial charge in [-0.3, -0.25) is 4.79 Å². The van der Waals surface area contributed by atoms with Gasteiger partial charge in [0.2, 0.25) is 5.91 Å². The van der Waals surface area contributed by atoms with E-state index in [-0.39, 0.29) is 5.92 Å². The number of benzene rings is 2. The standard InChI is InChI=1S/C28H35BrN2O/c29-26-12-6-5-11-25(26)21-16-18-30(19-17-21)20-24-15-14-22-8-4-7-13-27(22)31(24)28(32)23-9-2-1-3-10-23/h4-8,11-13,21,23-24H,1-3,9-10,14-20H2. The Balaban J connectivity index is 1.29. The monoisotopic (exact) mass is 494 g/mol.